The summed E-state index contributed by atoms with van der Waals surface area (Å²) in [5.74, 6) is 8.36. The van der Waals surface area contributed by atoms with Crippen LogP contribution in [0.15, 0.2) is 0 Å². The van der Waals surface area contributed by atoms with Crippen molar-refractivity contribution in [2.45, 2.75) is 239 Å². The van der Waals surface area contributed by atoms with Crippen molar-refractivity contribution in [3.8, 4) is 0 Å². The van der Waals surface area contributed by atoms with Crippen molar-refractivity contribution in [1.82, 2.24) is 0 Å². The largest absolute Gasteiger partial charge is 0.0651 e. The molecule has 4 saturated carbocycles. The summed E-state index contributed by atoms with van der Waals surface area (Å²) in [6.45, 7) is 5.13. The van der Waals surface area contributed by atoms with Crippen LogP contribution in [0.2, 0.25) is 0 Å². The van der Waals surface area contributed by atoms with Crippen molar-refractivity contribution in [2.75, 3.05) is 0 Å². The zero-order valence-corrected chi connectivity index (χ0v) is 31.4. The highest BCUT2D eigenvalue weighted by Gasteiger charge is 2.30. The molecule has 0 aromatic heterocycles. The second-order valence-corrected chi connectivity index (χ2v) is 18.0. The van der Waals surface area contributed by atoms with E-state index in [1.807, 2.05) is 0 Å². The van der Waals surface area contributed by atoms with E-state index >= 15 is 0 Å². The highest BCUT2D eigenvalue weighted by molar-refractivity contribution is 4.82. The Bertz CT molecular complexity index is 656. The van der Waals surface area contributed by atoms with Crippen LogP contribution in [0.3, 0.4) is 0 Å². The minimum absolute atomic E-state index is 0.955. The maximum absolute atomic E-state index is 2.64. The van der Waals surface area contributed by atoms with E-state index in [9.17, 15) is 0 Å². The summed E-state index contributed by atoms with van der Waals surface area (Å²) in [5, 5.41) is 0. The van der Waals surface area contributed by atoms with Crippen molar-refractivity contribution in [3.05, 3.63) is 0 Å². The summed E-state index contributed by atoms with van der Waals surface area (Å²) in [6.07, 6.45) is 53.7. The Labute approximate surface area is 285 Å². The van der Waals surface area contributed by atoms with Crippen LogP contribution in [0.4, 0.5) is 0 Å². The van der Waals surface area contributed by atoms with Crippen LogP contribution in [0.1, 0.15) is 239 Å². The molecular formula is C45H84. The second kappa shape index (κ2) is 23.4. The van der Waals surface area contributed by atoms with Crippen LogP contribution in [-0.2, 0) is 0 Å². The van der Waals surface area contributed by atoms with Gasteiger partial charge in [-0.15, -0.1) is 0 Å². The van der Waals surface area contributed by atoms with Crippen molar-refractivity contribution < 1.29 is 0 Å². The molecule has 264 valence electrons. The van der Waals surface area contributed by atoms with Gasteiger partial charge in [-0.25, -0.2) is 0 Å². The minimum Gasteiger partial charge on any atom is -0.0651 e. The molecule has 0 radical (unpaired) electrons. The van der Waals surface area contributed by atoms with Crippen molar-refractivity contribution >= 4 is 0 Å². The third-order valence-corrected chi connectivity index (χ3v) is 14.5. The highest BCUT2D eigenvalue weighted by atomic mass is 14.4. The van der Waals surface area contributed by atoms with Crippen LogP contribution in [0.25, 0.3) is 0 Å². The Balaban J connectivity index is 1.05. The molecule has 0 saturated heterocycles. The van der Waals surface area contributed by atoms with E-state index in [4.69, 9.17) is 0 Å². The normalized spacial score (nSPS) is 30.8. The first kappa shape index (κ1) is 37.8. The van der Waals surface area contributed by atoms with E-state index < -0.39 is 0 Å². The molecule has 45 heavy (non-hydrogen) atoms. The average molecular weight is 625 g/mol. The molecule has 0 aromatic carbocycles. The first-order valence-corrected chi connectivity index (χ1v) is 22.2. The number of hydrogen-bond donors (Lipinski definition) is 0. The van der Waals surface area contributed by atoms with Gasteiger partial charge in [0.1, 0.15) is 0 Å². The zero-order valence-electron chi connectivity index (χ0n) is 31.4. The molecule has 4 aliphatic rings. The fraction of sp³-hybridized carbons (Fsp3) is 1.00. The zero-order chi connectivity index (χ0) is 31.4. The Kier molecular flexibility index (Phi) is 19.6. The topological polar surface area (TPSA) is 0 Å². The Morgan fingerprint density at radius 3 is 1.44 bits per heavy atom. The summed E-state index contributed by atoms with van der Waals surface area (Å²) in [6, 6.07) is 0. The number of rotatable bonds is 14. The third-order valence-electron chi connectivity index (χ3n) is 14.5. The lowest BCUT2D eigenvalue weighted by molar-refractivity contribution is 0.144. The number of hydrogen-bond acceptors (Lipinski definition) is 0. The predicted octanol–water partition coefficient (Wildman–Crippen LogP) is 15.7. The second-order valence-electron chi connectivity index (χ2n) is 18.0. The molecule has 0 amide bonds. The lowest BCUT2D eigenvalue weighted by Crippen LogP contribution is -2.25. The first-order chi connectivity index (χ1) is 22.2. The maximum atomic E-state index is 2.64. The first-order valence-electron chi connectivity index (χ1n) is 22.2. The quantitative estimate of drug-likeness (QED) is 0.169. The van der Waals surface area contributed by atoms with Gasteiger partial charge in [0.2, 0.25) is 0 Å². The van der Waals surface area contributed by atoms with Gasteiger partial charge in [0.25, 0.3) is 0 Å². The Morgan fingerprint density at radius 1 is 0.422 bits per heavy atom. The van der Waals surface area contributed by atoms with Gasteiger partial charge in [0.05, 0.1) is 0 Å². The molecule has 4 fully saturated rings. The van der Waals surface area contributed by atoms with Gasteiger partial charge < -0.3 is 0 Å². The van der Waals surface area contributed by atoms with Crippen LogP contribution in [0.5, 0.6) is 0 Å². The van der Waals surface area contributed by atoms with Gasteiger partial charge in [0.15, 0.2) is 0 Å². The molecule has 4 rings (SSSR count). The monoisotopic (exact) mass is 625 g/mol. The highest BCUT2D eigenvalue weighted by Crippen LogP contribution is 2.43. The molecule has 0 heterocycles. The fourth-order valence-electron chi connectivity index (χ4n) is 11.5. The van der Waals surface area contributed by atoms with Gasteiger partial charge in [-0.2, -0.15) is 0 Å². The number of unbranched alkanes of at least 4 members (excludes halogenated alkanes) is 3. The van der Waals surface area contributed by atoms with E-state index in [0.717, 1.165) is 47.3 Å². The van der Waals surface area contributed by atoms with Gasteiger partial charge in [-0.1, -0.05) is 213 Å². The Morgan fingerprint density at radius 2 is 0.889 bits per heavy atom. The lowest BCUT2D eigenvalue weighted by Gasteiger charge is -2.37. The minimum atomic E-state index is 0.955. The standard InChI is InChI=1S/C45H84/c1-3-43(29-19-13-12-16-24-39-22-14-8-4-5-9-15-23-39)38(2)36-42-32-34-45(35-33-42)44-30-20-27-41(28-21-31-44)37-40-25-17-10-6-7-11-18-26-40/h38-45H,3-37H2,1-2H3. The molecule has 0 aromatic rings. The SMILES string of the molecule is CCC(CCCCCCC1CCCCCCCC1)C(C)CC1CCC(C2CCCC(CC3CCCCCCCC3)CCC2)CC1. The van der Waals surface area contributed by atoms with E-state index in [1.165, 1.54) is 122 Å². The van der Waals surface area contributed by atoms with Crippen LogP contribution in [0, 0.1) is 47.3 Å². The third kappa shape index (κ3) is 15.4. The van der Waals surface area contributed by atoms with E-state index in [-0.39, 0.29) is 0 Å². The summed E-state index contributed by atoms with van der Waals surface area (Å²) in [4.78, 5) is 0. The van der Waals surface area contributed by atoms with E-state index in [0.29, 0.717) is 0 Å². The average Bonchev–Trinajstić information content (AvgIpc) is 3.26. The van der Waals surface area contributed by atoms with Crippen LogP contribution >= 0.6 is 0 Å². The predicted molar refractivity (Wildman–Crippen MR) is 201 cm³/mol. The molecule has 2 unspecified atom stereocenters. The van der Waals surface area contributed by atoms with Crippen molar-refractivity contribution in [1.29, 1.82) is 0 Å². The molecule has 0 spiro atoms. The van der Waals surface area contributed by atoms with Gasteiger partial charge in [0, 0.05) is 0 Å². The lowest BCUT2D eigenvalue weighted by atomic mass is 9.69. The van der Waals surface area contributed by atoms with Gasteiger partial charge >= 0.3 is 0 Å². The van der Waals surface area contributed by atoms with E-state index in [2.05, 4.69) is 13.8 Å². The molecule has 0 nitrogen and oxygen atoms in total. The summed E-state index contributed by atoms with van der Waals surface area (Å²) >= 11 is 0. The fourth-order valence-corrected chi connectivity index (χ4v) is 11.5. The van der Waals surface area contributed by atoms with Crippen LogP contribution in [-0.4, -0.2) is 0 Å². The van der Waals surface area contributed by atoms with Crippen molar-refractivity contribution in [3.63, 3.8) is 0 Å². The van der Waals surface area contributed by atoms with Crippen LogP contribution < -0.4 is 0 Å². The molecule has 0 N–H and O–H groups in total. The molecular weight excluding hydrogens is 540 g/mol. The molecule has 0 heteroatoms. The van der Waals surface area contributed by atoms with E-state index in [1.54, 1.807) is 103 Å². The molecule has 0 bridgehead atoms. The summed E-state index contributed by atoms with van der Waals surface area (Å²) in [5.41, 5.74) is 0. The molecule has 2 atom stereocenters. The van der Waals surface area contributed by atoms with Gasteiger partial charge in [-0.05, 0) is 73.0 Å². The molecule has 0 aliphatic heterocycles. The smallest absolute Gasteiger partial charge is 0.0386 e. The van der Waals surface area contributed by atoms with Gasteiger partial charge in [-0.3, -0.25) is 0 Å². The molecule has 4 aliphatic carbocycles. The van der Waals surface area contributed by atoms with Crippen molar-refractivity contribution in [2.24, 2.45) is 47.3 Å². The Hall–Kier alpha value is 0. The summed E-state index contributed by atoms with van der Waals surface area (Å²) < 4.78 is 0. The maximum Gasteiger partial charge on any atom is -0.0386 e. The summed E-state index contributed by atoms with van der Waals surface area (Å²) in [7, 11) is 0.